The molecule has 0 aliphatic rings. The van der Waals surface area contributed by atoms with E-state index in [9.17, 15) is 8.42 Å². The smallest absolute Gasteiger partial charge is 0.243 e. The monoisotopic (exact) mass is 375 g/mol. The zero-order chi connectivity index (χ0) is 18.7. The second-order valence-corrected chi connectivity index (χ2v) is 7.71. The molecule has 9 nitrogen and oxygen atoms in total. The molecule has 2 heterocycles. The molecule has 0 unspecified atom stereocenters. The molecule has 1 aromatic carbocycles. The molecule has 0 saturated carbocycles. The summed E-state index contributed by atoms with van der Waals surface area (Å²) in [5.74, 6) is 0.622. The van der Waals surface area contributed by atoms with Crippen molar-refractivity contribution in [2.75, 3.05) is 18.4 Å². The summed E-state index contributed by atoms with van der Waals surface area (Å²) in [5.41, 5.74) is 1.51. The Kier molecular flexibility index (Phi) is 5.14. The molecule has 0 radical (unpaired) electrons. The minimum absolute atomic E-state index is 0.0679. The Labute approximate surface area is 152 Å². The predicted molar refractivity (Wildman–Crippen MR) is 97.2 cm³/mol. The summed E-state index contributed by atoms with van der Waals surface area (Å²) in [6, 6.07) is 10.4. The van der Waals surface area contributed by atoms with Crippen molar-refractivity contribution in [2.45, 2.75) is 31.7 Å². The Hall–Kier alpha value is -2.59. The molecule has 0 aliphatic carbocycles. The van der Waals surface area contributed by atoms with E-state index < -0.39 is 10.0 Å². The SMILES string of the molecule is CCN(CC)S(=O)(=O)c1ccc([C@@H](C)Nc2ccc3nnnn3n2)cc1. The second kappa shape index (κ2) is 7.34. The minimum atomic E-state index is -3.45. The van der Waals surface area contributed by atoms with Gasteiger partial charge in [-0.15, -0.1) is 14.8 Å². The fraction of sp³-hybridized carbons (Fsp3) is 0.375. The van der Waals surface area contributed by atoms with Crippen LogP contribution in [0.15, 0.2) is 41.3 Å². The van der Waals surface area contributed by atoms with Gasteiger partial charge in [-0.3, -0.25) is 0 Å². The van der Waals surface area contributed by atoms with E-state index in [1.807, 2.05) is 32.9 Å². The summed E-state index contributed by atoms with van der Waals surface area (Å²) in [4.78, 5) is 0.297. The molecular formula is C16H21N7O2S. The van der Waals surface area contributed by atoms with Gasteiger partial charge in [-0.05, 0) is 47.2 Å². The maximum atomic E-state index is 12.5. The Bertz CT molecular complexity index is 981. The van der Waals surface area contributed by atoms with E-state index in [2.05, 4.69) is 25.9 Å². The lowest BCUT2D eigenvalue weighted by molar-refractivity contribution is 0.445. The van der Waals surface area contributed by atoms with Gasteiger partial charge in [-0.2, -0.15) is 4.31 Å². The molecule has 0 bridgehead atoms. The zero-order valence-electron chi connectivity index (χ0n) is 14.9. The topological polar surface area (TPSA) is 105 Å². The van der Waals surface area contributed by atoms with Crippen LogP contribution in [-0.2, 0) is 10.0 Å². The summed E-state index contributed by atoms with van der Waals surface area (Å²) in [5, 5.41) is 18.7. The molecule has 1 N–H and O–H groups in total. The number of anilines is 1. The predicted octanol–water partition coefficient (Wildman–Crippen LogP) is 1.72. The molecule has 10 heteroatoms. The van der Waals surface area contributed by atoms with Crippen molar-refractivity contribution in [3.63, 3.8) is 0 Å². The summed E-state index contributed by atoms with van der Waals surface area (Å²) in [6.07, 6.45) is 0. The maximum Gasteiger partial charge on any atom is 0.243 e. The summed E-state index contributed by atoms with van der Waals surface area (Å²) in [7, 11) is -3.45. The summed E-state index contributed by atoms with van der Waals surface area (Å²) < 4.78 is 27.9. The van der Waals surface area contributed by atoms with E-state index in [-0.39, 0.29) is 6.04 Å². The van der Waals surface area contributed by atoms with Crippen LogP contribution < -0.4 is 5.32 Å². The average Bonchev–Trinajstić information content (AvgIpc) is 3.10. The number of tetrazole rings is 1. The molecule has 3 aromatic rings. The van der Waals surface area contributed by atoms with Crippen molar-refractivity contribution in [3.8, 4) is 0 Å². The van der Waals surface area contributed by atoms with Crippen molar-refractivity contribution in [1.29, 1.82) is 0 Å². The first kappa shape index (κ1) is 18.2. The Morgan fingerprint density at radius 2 is 1.81 bits per heavy atom. The molecule has 0 aliphatic heterocycles. The van der Waals surface area contributed by atoms with E-state index in [0.29, 0.717) is 29.5 Å². The van der Waals surface area contributed by atoms with E-state index >= 15 is 0 Å². The van der Waals surface area contributed by atoms with Crippen molar-refractivity contribution >= 4 is 21.5 Å². The second-order valence-electron chi connectivity index (χ2n) is 5.77. The van der Waals surface area contributed by atoms with Crippen molar-refractivity contribution < 1.29 is 8.42 Å². The molecule has 0 amide bonds. The van der Waals surface area contributed by atoms with E-state index in [0.717, 1.165) is 5.56 Å². The number of sulfonamides is 1. The number of rotatable bonds is 7. The van der Waals surface area contributed by atoms with Crippen molar-refractivity contribution in [2.24, 2.45) is 0 Å². The lowest BCUT2D eigenvalue weighted by atomic mass is 10.1. The Balaban J connectivity index is 1.77. The largest absolute Gasteiger partial charge is 0.362 e. The molecule has 0 saturated heterocycles. The third-order valence-corrected chi connectivity index (χ3v) is 6.22. The van der Waals surface area contributed by atoms with Gasteiger partial charge in [0, 0.05) is 19.1 Å². The van der Waals surface area contributed by atoms with Gasteiger partial charge < -0.3 is 5.32 Å². The van der Waals surface area contributed by atoms with Crippen LogP contribution in [0.3, 0.4) is 0 Å². The number of benzene rings is 1. The van der Waals surface area contributed by atoms with Crippen LogP contribution in [0.4, 0.5) is 5.82 Å². The lowest BCUT2D eigenvalue weighted by Gasteiger charge is -2.19. The highest BCUT2D eigenvalue weighted by Crippen LogP contribution is 2.21. The highest BCUT2D eigenvalue weighted by molar-refractivity contribution is 7.89. The molecule has 0 spiro atoms. The van der Waals surface area contributed by atoms with E-state index in [4.69, 9.17) is 0 Å². The quantitative estimate of drug-likeness (QED) is 0.670. The highest BCUT2D eigenvalue weighted by atomic mass is 32.2. The van der Waals surface area contributed by atoms with Gasteiger partial charge in [0.15, 0.2) is 5.65 Å². The number of hydrogen-bond donors (Lipinski definition) is 1. The summed E-state index contributed by atoms with van der Waals surface area (Å²) >= 11 is 0. The number of nitrogens with zero attached hydrogens (tertiary/aromatic N) is 6. The molecule has 26 heavy (non-hydrogen) atoms. The maximum absolute atomic E-state index is 12.5. The molecule has 2 aromatic heterocycles. The van der Waals surface area contributed by atoms with Crippen LogP contribution in [0, 0.1) is 0 Å². The van der Waals surface area contributed by atoms with E-state index in [1.165, 1.54) is 8.94 Å². The van der Waals surface area contributed by atoms with Crippen molar-refractivity contribution in [3.05, 3.63) is 42.0 Å². The number of nitrogens with one attached hydrogen (secondary N) is 1. The minimum Gasteiger partial charge on any atom is -0.362 e. The van der Waals surface area contributed by atoms with Gasteiger partial charge in [0.05, 0.1) is 4.90 Å². The first-order valence-electron chi connectivity index (χ1n) is 8.37. The standard InChI is InChI=1S/C16H21N7O2S/c1-4-22(5-2)26(24,25)14-8-6-13(7-9-14)12(3)17-15-10-11-16-18-20-21-23(16)19-15/h6-12H,4-5H2,1-3H3,(H,17,19)/t12-/m1/s1. The van der Waals surface area contributed by atoms with Crippen LogP contribution in [0.2, 0.25) is 0 Å². The third kappa shape index (κ3) is 3.51. The third-order valence-electron chi connectivity index (χ3n) is 4.16. The van der Waals surface area contributed by atoms with Gasteiger partial charge >= 0.3 is 0 Å². The fourth-order valence-electron chi connectivity index (χ4n) is 2.67. The number of fused-ring (bicyclic) bond motifs is 1. The summed E-state index contributed by atoms with van der Waals surface area (Å²) in [6.45, 7) is 6.53. The lowest BCUT2D eigenvalue weighted by Crippen LogP contribution is -2.30. The zero-order valence-corrected chi connectivity index (χ0v) is 15.7. The van der Waals surface area contributed by atoms with E-state index in [1.54, 1.807) is 24.3 Å². The van der Waals surface area contributed by atoms with Crippen LogP contribution in [-0.4, -0.2) is 51.1 Å². The van der Waals surface area contributed by atoms with Gasteiger partial charge in [0.2, 0.25) is 10.0 Å². The average molecular weight is 375 g/mol. The Morgan fingerprint density at radius 1 is 1.12 bits per heavy atom. The molecule has 1 atom stereocenters. The molecular weight excluding hydrogens is 354 g/mol. The first-order valence-corrected chi connectivity index (χ1v) is 9.81. The molecule has 3 rings (SSSR count). The molecule has 0 fully saturated rings. The van der Waals surface area contributed by atoms with Gasteiger partial charge in [-0.1, -0.05) is 26.0 Å². The normalized spacial score (nSPS) is 13.2. The first-order chi connectivity index (χ1) is 12.5. The van der Waals surface area contributed by atoms with Crippen molar-refractivity contribution in [1.82, 2.24) is 29.6 Å². The molecule has 138 valence electrons. The van der Waals surface area contributed by atoms with Gasteiger partial charge in [0.25, 0.3) is 0 Å². The number of aromatic nitrogens is 5. The highest BCUT2D eigenvalue weighted by Gasteiger charge is 2.21. The Morgan fingerprint density at radius 3 is 2.46 bits per heavy atom. The van der Waals surface area contributed by atoms with Crippen LogP contribution in [0.25, 0.3) is 5.65 Å². The van der Waals surface area contributed by atoms with Gasteiger partial charge in [-0.25, -0.2) is 8.42 Å². The number of hydrogen-bond acceptors (Lipinski definition) is 7. The van der Waals surface area contributed by atoms with Crippen LogP contribution in [0.1, 0.15) is 32.4 Å². The van der Waals surface area contributed by atoms with Crippen LogP contribution >= 0.6 is 0 Å². The van der Waals surface area contributed by atoms with Gasteiger partial charge in [0.1, 0.15) is 5.82 Å². The van der Waals surface area contributed by atoms with Crippen LogP contribution in [0.5, 0.6) is 0 Å². The fourth-order valence-corrected chi connectivity index (χ4v) is 4.13.